The van der Waals surface area contributed by atoms with Gasteiger partial charge in [-0.05, 0) is 44.4 Å². The first-order chi connectivity index (χ1) is 9.67. The van der Waals surface area contributed by atoms with E-state index in [2.05, 4.69) is 6.92 Å². The third kappa shape index (κ3) is 2.81. The standard InChI is InChI=1S/C15H24N2O2S2/c1-9-8-10(2)15(11(3)14(9)16)21(18,19)17-6-7-20-13(5)12(17)4/h8,12-13H,6-7,16H2,1-5H3. The van der Waals surface area contributed by atoms with Gasteiger partial charge in [-0.3, -0.25) is 0 Å². The van der Waals surface area contributed by atoms with Crippen molar-refractivity contribution in [3.63, 3.8) is 0 Å². The number of thioether (sulfide) groups is 1. The van der Waals surface area contributed by atoms with Gasteiger partial charge in [0.25, 0.3) is 0 Å². The molecule has 118 valence electrons. The van der Waals surface area contributed by atoms with Crippen molar-refractivity contribution in [2.45, 2.75) is 50.8 Å². The quantitative estimate of drug-likeness (QED) is 0.848. The Labute approximate surface area is 132 Å². The fourth-order valence-corrected chi connectivity index (χ4v) is 6.38. The van der Waals surface area contributed by atoms with Gasteiger partial charge in [-0.25, -0.2) is 8.42 Å². The monoisotopic (exact) mass is 328 g/mol. The summed E-state index contributed by atoms with van der Waals surface area (Å²) in [5.41, 5.74) is 9.01. The molecule has 1 aromatic rings. The van der Waals surface area contributed by atoms with Crippen molar-refractivity contribution in [1.29, 1.82) is 0 Å². The van der Waals surface area contributed by atoms with Crippen LogP contribution in [0.4, 0.5) is 5.69 Å². The summed E-state index contributed by atoms with van der Waals surface area (Å²) in [5, 5.41) is 0.303. The van der Waals surface area contributed by atoms with Gasteiger partial charge in [0.2, 0.25) is 10.0 Å². The predicted molar refractivity (Wildman–Crippen MR) is 90.3 cm³/mol. The molecule has 1 aromatic carbocycles. The third-order valence-corrected chi connectivity index (χ3v) is 7.97. The maximum atomic E-state index is 13.1. The molecule has 0 aromatic heterocycles. The van der Waals surface area contributed by atoms with Gasteiger partial charge in [0.15, 0.2) is 0 Å². The van der Waals surface area contributed by atoms with Crippen LogP contribution in [0.25, 0.3) is 0 Å². The molecule has 2 N–H and O–H groups in total. The summed E-state index contributed by atoms with van der Waals surface area (Å²) >= 11 is 1.82. The van der Waals surface area contributed by atoms with Crippen LogP contribution in [0.5, 0.6) is 0 Å². The van der Waals surface area contributed by atoms with E-state index in [4.69, 9.17) is 5.73 Å². The summed E-state index contributed by atoms with van der Waals surface area (Å²) < 4.78 is 27.9. The molecule has 0 radical (unpaired) electrons. The minimum atomic E-state index is -3.50. The summed E-state index contributed by atoms with van der Waals surface area (Å²) in [4.78, 5) is 0.386. The summed E-state index contributed by atoms with van der Waals surface area (Å²) in [6.07, 6.45) is 0. The molecule has 2 atom stereocenters. The molecule has 6 heteroatoms. The lowest BCUT2D eigenvalue weighted by atomic mass is 10.1. The largest absolute Gasteiger partial charge is 0.398 e. The molecule has 2 rings (SSSR count). The number of hydrogen-bond donors (Lipinski definition) is 1. The van der Waals surface area contributed by atoms with Crippen LogP contribution in [0.2, 0.25) is 0 Å². The predicted octanol–water partition coefficient (Wildman–Crippen LogP) is 2.71. The average molecular weight is 329 g/mol. The average Bonchev–Trinajstić information content (AvgIpc) is 2.38. The van der Waals surface area contributed by atoms with Crippen molar-refractivity contribution in [3.8, 4) is 0 Å². The number of sulfonamides is 1. The highest BCUT2D eigenvalue weighted by Crippen LogP contribution is 2.34. The zero-order valence-corrected chi connectivity index (χ0v) is 14.9. The van der Waals surface area contributed by atoms with Gasteiger partial charge in [0, 0.05) is 29.3 Å². The van der Waals surface area contributed by atoms with Crippen LogP contribution in [0.3, 0.4) is 0 Å². The minimum Gasteiger partial charge on any atom is -0.398 e. The van der Waals surface area contributed by atoms with Crippen molar-refractivity contribution in [1.82, 2.24) is 4.31 Å². The van der Waals surface area contributed by atoms with Crippen LogP contribution in [-0.2, 0) is 10.0 Å². The number of rotatable bonds is 2. The van der Waals surface area contributed by atoms with Gasteiger partial charge >= 0.3 is 0 Å². The maximum absolute atomic E-state index is 13.1. The van der Waals surface area contributed by atoms with Crippen LogP contribution < -0.4 is 5.73 Å². The topological polar surface area (TPSA) is 63.4 Å². The van der Waals surface area contributed by atoms with Crippen molar-refractivity contribution in [3.05, 3.63) is 22.8 Å². The lowest BCUT2D eigenvalue weighted by Gasteiger charge is -2.37. The van der Waals surface area contributed by atoms with Crippen molar-refractivity contribution < 1.29 is 8.42 Å². The minimum absolute atomic E-state index is 0.00456. The Bertz CT molecular complexity index is 656. The third-order valence-electron chi connectivity index (χ3n) is 4.35. The molecule has 0 bridgehead atoms. The number of hydrogen-bond acceptors (Lipinski definition) is 4. The lowest BCUT2D eigenvalue weighted by molar-refractivity contribution is 0.340. The first kappa shape index (κ1) is 16.6. The van der Waals surface area contributed by atoms with E-state index in [9.17, 15) is 8.42 Å². The Kier molecular flexibility index (Phi) is 4.61. The summed E-state index contributed by atoms with van der Waals surface area (Å²) in [6.45, 7) is 10.2. The number of nitrogens with two attached hydrogens (primary N) is 1. The van der Waals surface area contributed by atoms with Crippen LogP contribution >= 0.6 is 11.8 Å². The highest BCUT2D eigenvalue weighted by atomic mass is 32.2. The molecule has 1 aliphatic heterocycles. The summed E-state index contributed by atoms with van der Waals surface area (Å²) in [6, 6.07) is 1.86. The molecular weight excluding hydrogens is 304 g/mol. The van der Waals surface area contributed by atoms with E-state index < -0.39 is 10.0 Å². The van der Waals surface area contributed by atoms with E-state index >= 15 is 0 Å². The van der Waals surface area contributed by atoms with E-state index in [-0.39, 0.29) is 6.04 Å². The Morgan fingerprint density at radius 3 is 2.48 bits per heavy atom. The van der Waals surface area contributed by atoms with E-state index in [0.717, 1.165) is 16.9 Å². The second-order valence-corrected chi connectivity index (χ2v) is 9.12. The number of anilines is 1. The molecule has 1 saturated heterocycles. The van der Waals surface area contributed by atoms with E-state index in [0.29, 0.717) is 27.9 Å². The van der Waals surface area contributed by atoms with Gasteiger partial charge in [-0.1, -0.05) is 13.0 Å². The van der Waals surface area contributed by atoms with Gasteiger partial charge < -0.3 is 5.73 Å². The molecule has 0 amide bonds. The van der Waals surface area contributed by atoms with Crippen molar-refractivity contribution >= 4 is 27.5 Å². The van der Waals surface area contributed by atoms with Crippen molar-refractivity contribution in [2.75, 3.05) is 18.0 Å². The van der Waals surface area contributed by atoms with E-state index in [1.54, 1.807) is 11.2 Å². The van der Waals surface area contributed by atoms with Crippen LogP contribution in [0.15, 0.2) is 11.0 Å². The molecule has 0 spiro atoms. The van der Waals surface area contributed by atoms with Gasteiger partial charge in [0.05, 0.1) is 4.90 Å². The second kappa shape index (κ2) is 5.82. The molecule has 21 heavy (non-hydrogen) atoms. The fraction of sp³-hybridized carbons (Fsp3) is 0.600. The Morgan fingerprint density at radius 1 is 1.24 bits per heavy atom. The first-order valence-electron chi connectivity index (χ1n) is 7.17. The summed E-state index contributed by atoms with van der Waals surface area (Å²) in [7, 11) is -3.50. The molecular formula is C15H24N2O2S2. The molecule has 1 aliphatic rings. The van der Waals surface area contributed by atoms with Crippen molar-refractivity contribution in [2.24, 2.45) is 0 Å². The smallest absolute Gasteiger partial charge is 0.243 e. The van der Waals surface area contributed by atoms with Gasteiger partial charge in [-0.15, -0.1) is 0 Å². The fourth-order valence-electron chi connectivity index (χ4n) is 2.94. The Morgan fingerprint density at radius 2 is 1.86 bits per heavy atom. The summed E-state index contributed by atoms with van der Waals surface area (Å²) in [5.74, 6) is 0.837. The van der Waals surface area contributed by atoms with Gasteiger partial charge in [-0.2, -0.15) is 16.1 Å². The Balaban J connectivity index is 2.57. The molecule has 0 saturated carbocycles. The first-order valence-corrected chi connectivity index (χ1v) is 9.66. The molecule has 1 heterocycles. The number of benzene rings is 1. The zero-order valence-electron chi connectivity index (χ0n) is 13.3. The molecule has 4 nitrogen and oxygen atoms in total. The zero-order chi connectivity index (χ0) is 15.9. The molecule has 0 aliphatic carbocycles. The highest BCUT2D eigenvalue weighted by molar-refractivity contribution is 8.00. The number of nitrogens with zero attached hydrogens (tertiary/aromatic N) is 1. The van der Waals surface area contributed by atoms with Crippen LogP contribution in [-0.4, -0.2) is 36.3 Å². The van der Waals surface area contributed by atoms with E-state index in [1.807, 2.05) is 38.6 Å². The highest BCUT2D eigenvalue weighted by Gasteiger charge is 2.36. The van der Waals surface area contributed by atoms with E-state index in [1.165, 1.54) is 0 Å². The van der Waals surface area contributed by atoms with Crippen LogP contribution in [0.1, 0.15) is 30.5 Å². The van der Waals surface area contributed by atoms with Gasteiger partial charge in [0.1, 0.15) is 0 Å². The molecule has 1 fully saturated rings. The molecule has 2 unspecified atom stereocenters. The second-order valence-electron chi connectivity index (χ2n) is 5.81. The lowest BCUT2D eigenvalue weighted by Crippen LogP contribution is -2.48. The Hall–Kier alpha value is -0.720. The number of aryl methyl sites for hydroxylation is 2. The SMILES string of the molecule is Cc1cc(C)c(S(=O)(=O)N2CCSC(C)C2C)c(C)c1N. The number of nitrogen functional groups attached to an aromatic ring is 1. The normalized spacial score (nSPS) is 24.2. The maximum Gasteiger partial charge on any atom is 0.243 e. The van der Waals surface area contributed by atoms with Crippen LogP contribution in [0, 0.1) is 20.8 Å².